The van der Waals surface area contributed by atoms with Crippen molar-refractivity contribution in [2.75, 3.05) is 6.16 Å². The first-order chi connectivity index (χ1) is 8.38. The van der Waals surface area contributed by atoms with Crippen molar-refractivity contribution in [1.82, 2.24) is 9.55 Å². The molecule has 0 aliphatic carbocycles. The lowest BCUT2D eigenvalue weighted by molar-refractivity contribution is 0.372. The third kappa shape index (κ3) is 2.67. The van der Waals surface area contributed by atoms with E-state index < -0.39 is 7.60 Å². The van der Waals surface area contributed by atoms with Crippen molar-refractivity contribution in [2.45, 2.75) is 6.42 Å². The van der Waals surface area contributed by atoms with Crippen LogP contribution in [0.4, 0.5) is 0 Å². The van der Waals surface area contributed by atoms with E-state index >= 15 is 0 Å². The Hall–Kier alpha value is -1.49. The van der Waals surface area contributed by atoms with Crippen LogP contribution in [-0.4, -0.2) is 25.5 Å². The number of hydrogen-bond donors (Lipinski definition) is 2. The molecule has 2 rings (SSSR count). The molecule has 7 heteroatoms. The SMILES string of the molecule is Cn1c(=O)c(CCP(=O)(O)O)nc2ccccc21. The minimum Gasteiger partial charge on any atom is -0.324 e. The number of fused-ring (bicyclic) bond motifs is 1. The zero-order valence-electron chi connectivity index (χ0n) is 9.78. The summed E-state index contributed by atoms with van der Waals surface area (Å²) in [4.78, 5) is 33.8. The lowest BCUT2D eigenvalue weighted by Gasteiger charge is -2.08. The number of hydrogen-bond acceptors (Lipinski definition) is 3. The topological polar surface area (TPSA) is 92.4 Å². The van der Waals surface area contributed by atoms with Gasteiger partial charge in [0.25, 0.3) is 5.56 Å². The fourth-order valence-corrected chi connectivity index (χ4v) is 2.26. The third-order valence-corrected chi connectivity index (χ3v) is 3.50. The molecule has 0 fully saturated rings. The number of benzene rings is 1. The maximum Gasteiger partial charge on any atom is 0.325 e. The zero-order chi connectivity index (χ0) is 13.3. The van der Waals surface area contributed by atoms with Crippen LogP contribution in [0.2, 0.25) is 0 Å². The summed E-state index contributed by atoms with van der Waals surface area (Å²) in [7, 11) is -2.50. The highest BCUT2D eigenvalue weighted by Gasteiger charge is 2.16. The average Bonchev–Trinajstić information content (AvgIpc) is 2.31. The molecule has 0 unspecified atom stereocenters. The predicted molar refractivity (Wildman–Crippen MR) is 67.6 cm³/mol. The normalized spacial score (nSPS) is 11.9. The van der Waals surface area contributed by atoms with Crippen molar-refractivity contribution in [1.29, 1.82) is 0 Å². The second-order valence-electron chi connectivity index (χ2n) is 4.05. The quantitative estimate of drug-likeness (QED) is 0.797. The first-order valence-corrected chi connectivity index (χ1v) is 7.17. The summed E-state index contributed by atoms with van der Waals surface area (Å²) in [6, 6.07) is 7.14. The molecule has 0 bridgehead atoms. The van der Waals surface area contributed by atoms with Gasteiger partial charge < -0.3 is 14.4 Å². The molecule has 2 N–H and O–H groups in total. The van der Waals surface area contributed by atoms with Gasteiger partial charge in [0.05, 0.1) is 17.2 Å². The molecule has 1 aromatic carbocycles. The molecule has 0 saturated carbocycles. The van der Waals surface area contributed by atoms with Crippen molar-refractivity contribution in [2.24, 2.45) is 7.05 Å². The van der Waals surface area contributed by atoms with Gasteiger partial charge in [0.1, 0.15) is 5.69 Å². The largest absolute Gasteiger partial charge is 0.325 e. The summed E-state index contributed by atoms with van der Waals surface area (Å²) in [6.07, 6.45) is -0.393. The average molecular weight is 268 g/mol. The van der Waals surface area contributed by atoms with Gasteiger partial charge in [0.15, 0.2) is 0 Å². The fourth-order valence-electron chi connectivity index (χ4n) is 1.75. The Morgan fingerprint density at radius 1 is 1.33 bits per heavy atom. The van der Waals surface area contributed by atoms with E-state index in [1.165, 1.54) is 4.57 Å². The van der Waals surface area contributed by atoms with E-state index in [9.17, 15) is 9.36 Å². The summed E-state index contributed by atoms with van der Waals surface area (Å²) in [5.41, 5.74) is 1.20. The minimum absolute atomic E-state index is 0.0260. The Balaban J connectivity index is 2.49. The Kier molecular flexibility index (Phi) is 3.34. The molecular formula is C11H13N2O4P. The molecule has 2 aromatic rings. The molecule has 96 valence electrons. The highest BCUT2D eigenvalue weighted by molar-refractivity contribution is 7.51. The maximum atomic E-state index is 11.9. The molecule has 0 saturated heterocycles. The van der Waals surface area contributed by atoms with Crippen LogP contribution < -0.4 is 5.56 Å². The van der Waals surface area contributed by atoms with Crippen LogP contribution in [0.1, 0.15) is 5.69 Å². The molecule has 18 heavy (non-hydrogen) atoms. The third-order valence-electron chi connectivity index (χ3n) is 2.69. The highest BCUT2D eigenvalue weighted by Crippen LogP contribution is 2.34. The second kappa shape index (κ2) is 4.65. The van der Waals surface area contributed by atoms with E-state index in [1.54, 1.807) is 31.3 Å². The standard InChI is InChI=1S/C11H13N2O4P/c1-13-10-5-3-2-4-8(10)12-9(11(13)14)6-7-18(15,16)17/h2-5H,6-7H2,1H3,(H2,15,16,17). The van der Waals surface area contributed by atoms with E-state index in [2.05, 4.69) is 4.98 Å². The molecule has 1 aromatic heterocycles. The van der Waals surface area contributed by atoms with Crippen LogP contribution in [0.15, 0.2) is 29.1 Å². The van der Waals surface area contributed by atoms with Crippen LogP contribution in [0.25, 0.3) is 11.0 Å². The van der Waals surface area contributed by atoms with Gasteiger partial charge in [-0.2, -0.15) is 0 Å². The number of rotatable bonds is 3. The van der Waals surface area contributed by atoms with Gasteiger partial charge in [0, 0.05) is 13.5 Å². The van der Waals surface area contributed by atoms with Crippen molar-refractivity contribution < 1.29 is 14.4 Å². The molecule has 0 aliphatic rings. The van der Waals surface area contributed by atoms with Gasteiger partial charge in [0.2, 0.25) is 0 Å². The van der Waals surface area contributed by atoms with Crippen LogP contribution >= 0.6 is 7.60 Å². The lowest BCUT2D eigenvalue weighted by atomic mass is 10.2. The maximum absolute atomic E-state index is 11.9. The fraction of sp³-hybridized carbons (Fsp3) is 0.273. The summed E-state index contributed by atoms with van der Waals surface area (Å²) >= 11 is 0. The number of aryl methyl sites for hydroxylation is 2. The Morgan fingerprint density at radius 2 is 2.00 bits per heavy atom. The molecule has 0 aliphatic heterocycles. The van der Waals surface area contributed by atoms with Crippen molar-refractivity contribution >= 4 is 18.6 Å². The summed E-state index contributed by atoms with van der Waals surface area (Å²) < 4.78 is 12.3. The molecular weight excluding hydrogens is 255 g/mol. The van der Waals surface area contributed by atoms with E-state index in [0.717, 1.165) is 0 Å². The van der Waals surface area contributed by atoms with E-state index in [0.29, 0.717) is 11.0 Å². The number of nitrogens with zero attached hydrogens (tertiary/aromatic N) is 2. The van der Waals surface area contributed by atoms with Crippen molar-refractivity contribution in [3.05, 3.63) is 40.3 Å². The zero-order valence-corrected chi connectivity index (χ0v) is 10.7. The van der Waals surface area contributed by atoms with Crippen LogP contribution in [0.3, 0.4) is 0 Å². The van der Waals surface area contributed by atoms with Gasteiger partial charge >= 0.3 is 7.60 Å². The van der Waals surface area contributed by atoms with Crippen molar-refractivity contribution in [3.8, 4) is 0 Å². The number of para-hydroxylation sites is 2. The highest BCUT2D eigenvalue weighted by atomic mass is 31.2. The molecule has 0 amide bonds. The monoisotopic (exact) mass is 268 g/mol. The Morgan fingerprint density at radius 3 is 2.67 bits per heavy atom. The van der Waals surface area contributed by atoms with Gasteiger partial charge in [-0.05, 0) is 12.1 Å². The molecule has 0 spiro atoms. The van der Waals surface area contributed by atoms with Gasteiger partial charge in [-0.3, -0.25) is 9.36 Å². The Bertz CT molecular complexity index is 689. The summed E-state index contributed by atoms with van der Waals surface area (Å²) in [5, 5.41) is 0. The molecule has 1 heterocycles. The second-order valence-corrected chi connectivity index (χ2v) is 5.83. The predicted octanol–water partition coefficient (Wildman–Crippen LogP) is 0.654. The van der Waals surface area contributed by atoms with Crippen LogP contribution in [0, 0.1) is 0 Å². The first kappa shape index (κ1) is 13.0. The molecule has 0 radical (unpaired) electrons. The van der Waals surface area contributed by atoms with Crippen LogP contribution in [0.5, 0.6) is 0 Å². The summed E-state index contributed by atoms with van der Waals surface area (Å²) in [5.74, 6) is 0. The molecule has 0 atom stereocenters. The minimum atomic E-state index is -4.11. The van der Waals surface area contributed by atoms with E-state index in [-0.39, 0.29) is 23.8 Å². The van der Waals surface area contributed by atoms with Crippen molar-refractivity contribution in [3.63, 3.8) is 0 Å². The van der Waals surface area contributed by atoms with E-state index in [1.807, 2.05) is 0 Å². The van der Waals surface area contributed by atoms with Gasteiger partial charge in [-0.25, -0.2) is 4.98 Å². The van der Waals surface area contributed by atoms with Crippen LogP contribution in [-0.2, 0) is 18.0 Å². The first-order valence-electron chi connectivity index (χ1n) is 5.38. The van der Waals surface area contributed by atoms with E-state index in [4.69, 9.17) is 9.79 Å². The number of aromatic nitrogens is 2. The molecule has 6 nitrogen and oxygen atoms in total. The van der Waals surface area contributed by atoms with Gasteiger partial charge in [-0.1, -0.05) is 12.1 Å². The lowest BCUT2D eigenvalue weighted by Crippen LogP contribution is -2.24. The van der Waals surface area contributed by atoms with Gasteiger partial charge in [-0.15, -0.1) is 0 Å². The summed E-state index contributed by atoms with van der Waals surface area (Å²) in [6.45, 7) is 0. The Labute approximate surface area is 103 Å². The smallest absolute Gasteiger partial charge is 0.324 e.